The van der Waals surface area contributed by atoms with Crippen LogP contribution in [0.15, 0.2) is 39.5 Å². The van der Waals surface area contributed by atoms with Crippen molar-refractivity contribution in [3.05, 3.63) is 52.3 Å². The number of nitrogens with one attached hydrogen (secondary N) is 1. The van der Waals surface area contributed by atoms with Crippen LogP contribution in [0.2, 0.25) is 0 Å². The van der Waals surface area contributed by atoms with Gasteiger partial charge in [0.15, 0.2) is 11.3 Å². The van der Waals surface area contributed by atoms with Crippen LogP contribution in [-0.2, 0) is 0 Å². The van der Waals surface area contributed by atoms with Gasteiger partial charge in [0, 0.05) is 12.1 Å². The minimum absolute atomic E-state index is 0.323. The molecular formula is C14H11FN2O3. The van der Waals surface area contributed by atoms with Crippen LogP contribution in [0, 0.1) is 12.7 Å². The topological polar surface area (TPSA) is 81.2 Å². The number of aromatic amines is 1. The van der Waals surface area contributed by atoms with Crippen molar-refractivity contribution in [2.24, 2.45) is 0 Å². The quantitative estimate of drug-likeness (QED) is 0.704. The Kier molecular flexibility index (Phi) is 2.71. The monoisotopic (exact) mass is 274 g/mol. The van der Waals surface area contributed by atoms with E-state index in [0.29, 0.717) is 33.8 Å². The Morgan fingerprint density at radius 3 is 2.80 bits per heavy atom. The van der Waals surface area contributed by atoms with E-state index < -0.39 is 5.76 Å². The van der Waals surface area contributed by atoms with Gasteiger partial charge < -0.3 is 14.9 Å². The fourth-order valence-electron chi connectivity index (χ4n) is 1.93. The molecule has 20 heavy (non-hydrogen) atoms. The first-order valence-electron chi connectivity index (χ1n) is 5.89. The second-order valence-corrected chi connectivity index (χ2v) is 4.41. The van der Waals surface area contributed by atoms with Crippen molar-refractivity contribution in [1.29, 1.82) is 0 Å². The van der Waals surface area contributed by atoms with E-state index >= 15 is 0 Å². The van der Waals surface area contributed by atoms with Crippen molar-refractivity contribution in [3.8, 4) is 11.5 Å². The number of benzene rings is 2. The molecule has 0 saturated heterocycles. The van der Waals surface area contributed by atoms with Gasteiger partial charge in [-0.1, -0.05) is 0 Å². The van der Waals surface area contributed by atoms with Gasteiger partial charge >= 0.3 is 5.76 Å². The summed E-state index contributed by atoms with van der Waals surface area (Å²) in [5.41, 5.74) is 7.66. The fourth-order valence-corrected chi connectivity index (χ4v) is 1.93. The van der Waals surface area contributed by atoms with Gasteiger partial charge in [-0.05, 0) is 30.7 Å². The Labute approximate surface area is 112 Å². The lowest BCUT2D eigenvalue weighted by molar-refractivity contribution is 0.479. The maximum absolute atomic E-state index is 13.0. The summed E-state index contributed by atoms with van der Waals surface area (Å²) in [7, 11) is 0. The number of hydrogen-bond acceptors (Lipinski definition) is 4. The summed E-state index contributed by atoms with van der Waals surface area (Å²) in [6.45, 7) is 1.73. The Morgan fingerprint density at radius 1 is 1.25 bits per heavy atom. The van der Waals surface area contributed by atoms with E-state index in [9.17, 15) is 9.18 Å². The lowest BCUT2D eigenvalue weighted by Gasteiger charge is -2.10. The minimum atomic E-state index is -0.561. The third-order valence-corrected chi connectivity index (χ3v) is 2.91. The Hall–Kier alpha value is -2.76. The maximum atomic E-state index is 13.0. The van der Waals surface area contributed by atoms with Crippen molar-refractivity contribution in [2.45, 2.75) is 6.92 Å². The second kappa shape index (κ2) is 4.41. The molecular weight excluding hydrogens is 263 g/mol. The van der Waals surface area contributed by atoms with Crippen molar-refractivity contribution in [2.75, 3.05) is 5.73 Å². The number of hydrogen-bond donors (Lipinski definition) is 2. The number of fused-ring (bicyclic) bond motifs is 1. The molecule has 2 aromatic carbocycles. The van der Waals surface area contributed by atoms with Crippen LogP contribution >= 0.6 is 0 Å². The summed E-state index contributed by atoms with van der Waals surface area (Å²) < 4.78 is 23.6. The highest BCUT2D eigenvalue weighted by molar-refractivity contribution is 5.80. The zero-order valence-electron chi connectivity index (χ0n) is 10.6. The number of anilines is 1. The van der Waals surface area contributed by atoms with Gasteiger partial charge in [0.2, 0.25) is 0 Å². The van der Waals surface area contributed by atoms with Crippen LogP contribution in [0.5, 0.6) is 11.5 Å². The molecule has 3 rings (SSSR count). The van der Waals surface area contributed by atoms with Crippen LogP contribution in [-0.4, -0.2) is 4.98 Å². The van der Waals surface area contributed by atoms with Crippen LogP contribution in [0.3, 0.4) is 0 Å². The molecule has 0 aliphatic rings. The summed E-state index contributed by atoms with van der Waals surface area (Å²) in [6, 6.07) is 7.26. The van der Waals surface area contributed by atoms with Crippen molar-refractivity contribution < 1.29 is 13.5 Å². The van der Waals surface area contributed by atoms with Crippen molar-refractivity contribution >= 4 is 16.8 Å². The van der Waals surface area contributed by atoms with Crippen LogP contribution in [0.4, 0.5) is 10.1 Å². The molecule has 0 amide bonds. The zero-order chi connectivity index (χ0) is 14.3. The van der Waals surface area contributed by atoms with Gasteiger partial charge in [-0.15, -0.1) is 0 Å². The molecule has 0 atom stereocenters. The molecule has 1 aromatic heterocycles. The van der Waals surface area contributed by atoms with Crippen LogP contribution in [0.1, 0.15) is 5.56 Å². The molecule has 0 bridgehead atoms. The zero-order valence-corrected chi connectivity index (χ0v) is 10.6. The highest BCUT2D eigenvalue weighted by Crippen LogP contribution is 2.32. The third kappa shape index (κ3) is 2.11. The molecule has 0 saturated carbocycles. The summed E-state index contributed by atoms with van der Waals surface area (Å²) in [6.07, 6.45) is 0. The standard InChI is InChI=1S/C14H11FN2O3/c1-7-4-8(15)2-3-11(7)19-12-6-10-13(5-9(12)16)20-14(18)17-10/h2-6H,16H2,1H3,(H,17,18). The van der Waals surface area contributed by atoms with E-state index in [2.05, 4.69) is 4.98 Å². The largest absolute Gasteiger partial charge is 0.455 e. The molecule has 6 heteroatoms. The average molecular weight is 274 g/mol. The summed E-state index contributed by atoms with van der Waals surface area (Å²) in [5.74, 6) is -0.0421. The Bertz CT molecular complexity index is 851. The van der Waals surface area contributed by atoms with E-state index in [1.807, 2.05) is 0 Å². The third-order valence-electron chi connectivity index (χ3n) is 2.91. The second-order valence-electron chi connectivity index (χ2n) is 4.41. The first-order chi connectivity index (χ1) is 9.52. The van der Waals surface area contributed by atoms with Gasteiger partial charge in [-0.25, -0.2) is 9.18 Å². The SMILES string of the molecule is Cc1cc(F)ccc1Oc1cc2[nH]c(=O)oc2cc1N. The molecule has 0 aliphatic heterocycles. The van der Waals surface area contributed by atoms with E-state index in [4.69, 9.17) is 14.9 Å². The molecule has 0 unspecified atom stereocenters. The number of oxazole rings is 1. The number of rotatable bonds is 2. The first kappa shape index (κ1) is 12.3. The number of nitrogen functional groups attached to an aromatic ring is 1. The van der Waals surface area contributed by atoms with Crippen LogP contribution in [0.25, 0.3) is 11.1 Å². The molecule has 0 radical (unpaired) electrons. The van der Waals surface area contributed by atoms with E-state index in [1.165, 1.54) is 24.3 Å². The predicted octanol–water partition coefficient (Wildman–Crippen LogP) is 2.94. The molecule has 1 heterocycles. The smallest absolute Gasteiger partial charge is 0.417 e. The van der Waals surface area contributed by atoms with E-state index in [-0.39, 0.29) is 5.82 Å². The minimum Gasteiger partial charge on any atom is -0.455 e. The number of H-pyrrole nitrogens is 1. The number of halogens is 1. The first-order valence-corrected chi connectivity index (χ1v) is 5.89. The van der Waals surface area contributed by atoms with Gasteiger partial charge in [-0.3, -0.25) is 4.98 Å². The number of aromatic nitrogens is 1. The van der Waals surface area contributed by atoms with Gasteiger partial charge in [0.25, 0.3) is 0 Å². The summed E-state index contributed by atoms with van der Waals surface area (Å²) >= 11 is 0. The summed E-state index contributed by atoms with van der Waals surface area (Å²) in [4.78, 5) is 13.6. The molecule has 0 spiro atoms. The fraction of sp³-hybridized carbons (Fsp3) is 0.0714. The molecule has 3 N–H and O–H groups in total. The maximum Gasteiger partial charge on any atom is 0.417 e. The lowest BCUT2D eigenvalue weighted by atomic mass is 10.2. The molecule has 0 fully saturated rings. The average Bonchev–Trinajstić information content (AvgIpc) is 2.72. The van der Waals surface area contributed by atoms with E-state index in [0.717, 1.165) is 0 Å². The normalized spacial score (nSPS) is 10.9. The van der Waals surface area contributed by atoms with Crippen molar-refractivity contribution in [1.82, 2.24) is 4.98 Å². The Balaban J connectivity index is 2.05. The van der Waals surface area contributed by atoms with Crippen LogP contribution < -0.4 is 16.2 Å². The van der Waals surface area contributed by atoms with Gasteiger partial charge in [0.1, 0.15) is 11.6 Å². The highest BCUT2D eigenvalue weighted by atomic mass is 19.1. The highest BCUT2D eigenvalue weighted by Gasteiger charge is 2.10. The molecule has 3 aromatic rings. The van der Waals surface area contributed by atoms with Crippen molar-refractivity contribution in [3.63, 3.8) is 0 Å². The lowest BCUT2D eigenvalue weighted by Crippen LogP contribution is -1.94. The number of ether oxygens (including phenoxy) is 1. The molecule has 5 nitrogen and oxygen atoms in total. The summed E-state index contributed by atoms with van der Waals surface area (Å²) in [5, 5.41) is 0. The predicted molar refractivity (Wildman–Crippen MR) is 72.5 cm³/mol. The number of nitrogens with two attached hydrogens (primary N) is 1. The van der Waals surface area contributed by atoms with Gasteiger partial charge in [0.05, 0.1) is 11.2 Å². The number of aryl methyl sites for hydroxylation is 1. The molecule has 102 valence electrons. The van der Waals surface area contributed by atoms with Gasteiger partial charge in [-0.2, -0.15) is 0 Å². The van der Waals surface area contributed by atoms with E-state index in [1.54, 1.807) is 13.0 Å². The Morgan fingerprint density at radius 2 is 2.05 bits per heavy atom. The molecule has 0 aliphatic carbocycles.